The topological polar surface area (TPSA) is 17.8 Å². The highest BCUT2D eigenvalue weighted by Crippen LogP contribution is 2.47. The number of benzene rings is 11. The number of rotatable bonds is 6. The highest BCUT2D eigenvalue weighted by molar-refractivity contribution is 6.24. The maximum atomic E-state index is 4.62. The molecular formula is C63H40N2. The Hall–Kier alpha value is -8.59. The average Bonchev–Trinajstić information content (AvgIpc) is 3.72. The lowest BCUT2D eigenvalue weighted by Crippen LogP contribution is -1.95. The van der Waals surface area contributed by atoms with Gasteiger partial charge >= 0.3 is 0 Å². The fourth-order valence-electron chi connectivity index (χ4n) is 10.6. The Morgan fingerprint density at radius 1 is 0.277 bits per heavy atom. The van der Waals surface area contributed by atoms with Gasteiger partial charge in [0.25, 0.3) is 0 Å². The summed E-state index contributed by atoms with van der Waals surface area (Å²) in [6, 6.07) is 84.4. The van der Waals surface area contributed by atoms with Crippen LogP contribution in [0.1, 0.15) is 0 Å². The van der Waals surface area contributed by atoms with E-state index in [9.17, 15) is 0 Å². The molecule has 0 amide bonds. The number of aromatic nitrogens is 2. The van der Waals surface area contributed by atoms with E-state index in [-0.39, 0.29) is 0 Å². The van der Waals surface area contributed by atoms with Gasteiger partial charge in [0.05, 0.1) is 11.0 Å². The van der Waals surface area contributed by atoms with E-state index < -0.39 is 0 Å². The van der Waals surface area contributed by atoms with Crippen LogP contribution in [0.3, 0.4) is 0 Å². The van der Waals surface area contributed by atoms with E-state index in [1.807, 2.05) is 12.4 Å². The molecular weight excluding hydrogens is 785 g/mol. The summed E-state index contributed by atoms with van der Waals surface area (Å²) in [7, 11) is 0. The summed E-state index contributed by atoms with van der Waals surface area (Å²) in [6.45, 7) is 0. The fraction of sp³-hybridized carbons (Fsp3) is 0. The monoisotopic (exact) mass is 824 g/mol. The van der Waals surface area contributed by atoms with Crippen LogP contribution in [0.25, 0.3) is 126 Å². The molecule has 0 saturated heterocycles. The molecule has 2 nitrogen and oxygen atoms in total. The van der Waals surface area contributed by atoms with Crippen LogP contribution in [0.15, 0.2) is 243 Å². The molecule has 2 heterocycles. The molecule has 0 unspecified atom stereocenters. The molecule has 0 atom stereocenters. The van der Waals surface area contributed by atoms with E-state index in [1.54, 1.807) is 0 Å². The Kier molecular flexibility index (Phi) is 8.57. The van der Waals surface area contributed by atoms with Crippen LogP contribution in [0.4, 0.5) is 0 Å². The minimum atomic E-state index is 1.14. The van der Waals surface area contributed by atoms with E-state index >= 15 is 0 Å². The highest BCUT2D eigenvalue weighted by Gasteiger charge is 2.21. The second kappa shape index (κ2) is 15.0. The van der Waals surface area contributed by atoms with Gasteiger partial charge in [-0.3, -0.25) is 4.98 Å². The Morgan fingerprint density at radius 3 is 1.43 bits per heavy atom. The van der Waals surface area contributed by atoms with Crippen LogP contribution in [0.5, 0.6) is 0 Å². The van der Waals surface area contributed by atoms with Crippen molar-refractivity contribution >= 4 is 64.9 Å². The molecule has 0 bridgehead atoms. The molecule has 0 aliphatic rings. The van der Waals surface area contributed by atoms with E-state index in [2.05, 4.69) is 240 Å². The van der Waals surface area contributed by atoms with Crippen molar-refractivity contribution in [3.05, 3.63) is 243 Å². The van der Waals surface area contributed by atoms with Crippen molar-refractivity contribution < 1.29 is 0 Å². The SMILES string of the molecule is c1ccc(-c2c3ccccc3c(-c3ccccc3)c3cc(-c4ccc(-c5ccc(-c6cc7c8cnccc8n(-c8ccccc8)c7c7ccccc67)c6ccccc56)cc4)ccc23)cc1. The molecule has 0 fully saturated rings. The lowest BCUT2D eigenvalue weighted by Gasteiger charge is -2.19. The van der Waals surface area contributed by atoms with Gasteiger partial charge in [0.1, 0.15) is 0 Å². The van der Waals surface area contributed by atoms with Gasteiger partial charge in [0.2, 0.25) is 0 Å². The summed E-state index contributed by atoms with van der Waals surface area (Å²) >= 11 is 0. The van der Waals surface area contributed by atoms with Gasteiger partial charge in [-0.25, -0.2) is 0 Å². The Balaban J connectivity index is 0.951. The molecule has 13 aromatic rings. The first kappa shape index (κ1) is 37.0. The quantitative estimate of drug-likeness (QED) is 0.153. The first-order valence-electron chi connectivity index (χ1n) is 22.4. The van der Waals surface area contributed by atoms with Gasteiger partial charge in [0, 0.05) is 34.2 Å². The number of fused-ring (bicyclic) bond motifs is 8. The van der Waals surface area contributed by atoms with Crippen LogP contribution in [-0.4, -0.2) is 9.55 Å². The molecule has 0 saturated carbocycles. The van der Waals surface area contributed by atoms with E-state index in [0.29, 0.717) is 0 Å². The maximum absolute atomic E-state index is 4.62. The molecule has 0 radical (unpaired) electrons. The molecule has 11 aromatic carbocycles. The number of nitrogens with zero attached hydrogens (tertiary/aromatic N) is 2. The van der Waals surface area contributed by atoms with Crippen molar-refractivity contribution in [3.8, 4) is 61.3 Å². The van der Waals surface area contributed by atoms with Gasteiger partial charge in [-0.15, -0.1) is 0 Å². The van der Waals surface area contributed by atoms with Crippen LogP contribution in [0.2, 0.25) is 0 Å². The lowest BCUT2D eigenvalue weighted by molar-refractivity contribution is 1.18. The maximum Gasteiger partial charge on any atom is 0.0620 e. The van der Waals surface area contributed by atoms with Gasteiger partial charge in [-0.1, -0.05) is 200 Å². The van der Waals surface area contributed by atoms with Gasteiger partial charge in [-0.2, -0.15) is 0 Å². The molecule has 13 rings (SSSR count). The van der Waals surface area contributed by atoms with Crippen molar-refractivity contribution in [2.24, 2.45) is 0 Å². The first-order valence-corrected chi connectivity index (χ1v) is 22.4. The predicted octanol–water partition coefficient (Wildman–Crippen LogP) is 17.1. The Bertz CT molecular complexity index is 3960. The number of hydrogen-bond donors (Lipinski definition) is 0. The van der Waals surface area contributed by atoms with E-state index in [4.69, 9.17) is 0 Å². The third-order valence-corrected chi connectivity index (χ3v) is 13.5. The van der Waals surface area contributed by atoms with Crippen molar-refractivity contribution in [1.82, 2.24) is 9.55 Å². The van der Waals surface area contributed by atoms with E-state index in [0.717, 1.165) is 16.6 Å². The Labute approximate surface area is 377 Å². The third kappa shape index (κ3) is 5.92. The third-order valence-electron chi connectivity index (χ3n) is 13.5. The van der Waals surface area contributed by atoms with Crippen molar-refractivity contribution in [2.45, 2.75) is 0 Å². The van der Waals surface area contributed by atoms with E-state index in [1.165, 1.54) is 110 Å². The van der Waals surface area contributed by atoms with Crippen LogP contribution in [0, 0.1) is 0 Å². The minimum absolute atomic E-state index is 1.14. The van der Waals surface area contributed by atoms with Gasteiger partial charge in [0.15, 0.2) is 0 Å². The largest absolute Gasteiger partial charge is 0.309 e. The highest BCUT2D eigenvalue weighted by atomic mass is 15.0. The second-order valence-electron chi connectivity index (χ2n) is 17.0. The average molecular weight is 825 g/mol. The van der Waals surface area contributed by atoms with Crippen LogP contribution >= 0.6 is 0 Å². The zero-order valence-electron chi connectivity index (χ0n) is 35.5. The number of para-hydroxylation sites is 1. The van der Waals surface area contributed by atoms with Crippen molar-refractivity contribution in [1.29, 1.82) is 0 Å². The molecule has 2 heteroatoms. The summed E-state index contributed by atoms with van der Waals surface area (Å²) in [5, 5.41) is 12.3. The Morgan fingerprint density at radius 2 is 0.769 bits per heavy atom. The van der Waals surface area contributed by atoms with Crippen LogP contribution < -0.4 is 0 Å². The smallest absolute Gasteiger partial charge is 0.0620 e. The standard InChI is InChI=1S/C63H40N2/c1-4-16-43(17-5-1)61-52-25-13-14-26-53(52)62(44-18-6-2-7-19-44)57-38-45(32-33-54(57)61)41-28-30-42(31-29-41)47-34-35-51(49-23-11-10-22-48(47)49)56-39-58-59-40-64-37-36-60(59)65(46-20-8-3-9-21-46)63(58)55-27-15-12-24-50(55)56/h1-40H. The molecule has 0 N–H and O–H groups in total. The summed E-state index contributed by atoms with van der Waals surface area (Å²) in [6.07, 6.45) is 3.92. The summed E-state index contributed by atoms with van der Waals surface area (Å²) in [5.41, 5.74) is 15.7. The fourth-order valence-corrected chi connectivity index (χ4v) is 10.6. The molecule has 0 spiro atoms. The number of pyridine rings is 1. The van der Waals surface area contributed by atoms with Gasteiger partial charge in [-0.05, 0) is 124 Å². The molecule has 0 aliphatic heterocycles. The van der Waals surface area contributed by atoms with Crippen molar-refractivity contribution in [3.63, 3.8) is 0 Å². The molecule has 2 aromatic heterocycles. The molecule has 65 heavy (non-hydrogen) atoms. The normalized spacial score (nSPS) is 11.7. The minimum Gasteiger partial charge on any atom is -0.309 e. The lowest BCUT2D eigenvalue weighted by atomic mass is 9.85. The first-order chi connectivity index (χ1) is 32.3. The number of hydrogen-bond acceptors (Lipinski definition) is 1. The van der Waals surface area contributed by atoms with Crippen molar-refractivity contribution in [2.75, 3.05) is 0 Å². The summed E-state index contributed by atoms with van der Waals surface area (Å²) < 4.78 is 2.40. The zero-order chi connectivity index (χ0) is 42.8. The zero-order valence-corrected chi connectivity index (χ0v) is 35.5. The van der Waals surface area contributed by atoms with Crippen LogP contribution in [-0.2, 0) is 0 Å². The molecule has 0 aliphatic carbocycles. The second-order valence-corrected chi connectivity index (χ2v) is 17.0. The predicted molar refractivity (Wildman–Crippen MR) is 276 cm³/mol. The summed E-state index contributed by atoms with van der Waals surface area (Å²) in [5.74, 6) is 0. The summed E-state index contributed by atoms with van der Waals surface area (Å²) in [4.78, 5) is 4.62. The van der Waals surface area contributed by atoms with Gasteiger partial charge < -0.3 is 4.57 Å². The molecule has 302 valence electrons.